The van der Waals surface area contributed by atoms with Gasteiger partial charge in [-0.1, -0.05) is 37.6 Å². The van der Waals surface area contributed by atoms with Gasteiger partial charge >= 0.3 is 6.03 Å². The molecule has 30 heavy (non-hydrogen) atoms. The molecule has 7 nitrogen and oxygen atoms in total. The van der Waals surface area contributed by atoms with Crippen LogP contribution in [0.25, 0.3) is 0 Å². The highest BCUT2D eigenvalue weighted by Gasteiger charge is 2.48. The van der Waals surface area contributed by atoms with Crippen molar-refractivity contribution in [2.45, 2.75) is 44.7 Å². The molecule has 156 valence electrons. The van der Waals surface area contributed by atoms with Gasteiger partial charge in [-0.15, -0.1) is 0 Å². The number of pyridine rings is 1. The normalized spacial score (nSPS) is 21.2. The van der Waals surface area contributed by atoms with Gasteiger partial charge in [-0.05, 0) is 48.6 Å². The molecule has 2 aromatic rings. The van der Waals surface area contributed by atoms with E-state index in [2.05, 4.69) is 24.1 Å². The SMILES string of the molecule is CC(C)c1ccc(N2C(=O)C3CC(NC(=O)c4ccnc(Cl)c4)CCN3C2=O)cc1. The number of imide groups is 1. The number of benzene rings is 1. The number of fused-ring (bicyclic) bond motifs is 1. The van der Waals surface area contributed by atoms with Crippen LogP contribution in [-0.4, -0.2) is 46.4 Å². The molecular weight excluding hydrogens is 404 g/mol. The average Bonchev–Trinajstić information content (AvgIpc) is 2.98. The van der Waals surface area contributed by atoms with Crippen molar-refractivity contribution in [1.29, 1.82) is 0 Å². The molecule has 1 aromatic carbocycles. The number of amides is 4. The van der Waals surface area contributed by atoms with Crippen molar-refractivity contribution in [3.8, 4) is 0 Å². The molecule has 1 aromatic heterocycles. The van der Waals surface area contributed by atoms with Crippen LogP contribution >= 0.6 is 11.6 Å². The van der Waals surface area contributed by atoms with Crippen LogP contribution in [0.3, 0.4) is 0 Å². The fourth-order valence-corrected chi connectivity index (χ4v) is 4.16. The Balaban J connectivity index is 1.47. The highest BCUT2D eigenvalue weighted by atomic mass is 35.5. The maximum Gasteiger partial charge on any atom is 0.332 e. The highest BCUT2D eigenvalue weighted by Crippen LogP contribution is 2.31. The summed E-state index contributed by atoms with van der Waals surface area (Å²) in [5.41, 5.74) is 2.14. The summed E-state index contributed by atoms with van der Waals surface area (Å²) in [5.74, 6) is -0.145. The molecule has 2 unspecified atom stereocenters. The van der Waals surface area contributed by atoms with E-state index >= 15 is 0 Å². The van der Waals surface area contributed by atoms with Gasteiger partial charge in [0.1, 0.15) is 11.2 Å². The Morgan fingerprint density at radius 2 is 1.93 bits per heavy atom. The second kappa shape index (κ2) is 8.07. The molecule has 2 atom stereocenters. The summed E-state index contributed by atoms with van der Waals surface area (Å²) in [6, 6.07) is 9.54. The predicted molar refractivity (Wildman–Crippen MR) is 114 cm³/mol. The molecule has 2 aliphatic heterocycles. The van der Waals surface area contributed by atoms with Crippen molar-refractivity contribution in [3.05, 3.63) is 58.9 Å². The number of piperidine rings is 1. The quantitative estimate of drug-likeness (QED) is 0.598. The first-order valence-corrected chi connectivity index (χ1v) is 10.4. The molecule has 0 saturated carbocycles. The minimum atomic E-state index is -0.567. The number of nitrogens with zero attached hydrogens (tertiary/aromatic N) is 3. The number of hydrogen-bond donors (Lipinski definition) is 1. The molecular formula is C22H23ClN4O3. The topological polar surface area (TPSA) is 82.6 Å². The lowest BCUT2D eigenvalue weighted by Crippen LogP contribution is -2.49. The molecule has 4 rings (SSSR count). The number of carbonyl (C=O) groups is 3. The van der Waals surface area contributed by atoms with E-state index in [0.29, 0.717) is 36.6 Å². The maximum atomic E-state index is 13.0. The van der Waals surface area contributed by atoms with E-state index in [9.17, 15) is 14.4 Å². The second-order valence-electron chi connectivity index (χ2n) is 7.97. The summed E-state index contributed by atoms with van der Waals surface area (Å²) in [5, 5.41) is 3.19. The number of rotatable bonds is 4. The van der Waals surface area contributed by atoms with Gasteiger partial charge in [0.15, 0.2) is 0 Å². The first kappa shape index (κ1) is 20.3. The van der Waals surface area contributed by atoms with Crippen molar-refractivity contribution >= 4 is 35.1 Å². The highest BCUT2D eigenvalue weighted by molar-refractivity contribution is 6.29. The van der Waals surface area contributed by atoms with Crippen LogP contribution in [-0.2, 0) is 4.79 Å². The third kappa shape index (κ3) is 3.77. The number of hydrogen-bond acceptors (Lipinski definition) is 4. The van der Waals surface area contributed by atoms with Gasteiger partial charge in [-0.25, -0.2) is 14.7 Å². The summed E-state index contributed by atoms with van der Waals surface area (Å²) >= 11 is 5.86. The number of nitrogens with one attached hydrogen (secondary N) is 1. The van der Waals surface area contributed by atoms with Gasteiger partial charge in [-0.3, -0.25) is 9.59 Å². The van der Waals surface area contributed by atoms with Crippen molar-refractivity contribution in [2.24, 2.45) is 0 Å². The molecule has 2 aliphatic rings. The molecule has 0 spiro atoms. The van der Waals surface area contributed by atoms with Crippen LogP contribution in [0.2, 0.25) is 5.15 Å². The Labute approximate surface area is 180 Å². The van der Waals surface area contributed by atoms with Crippen LogP contribution in [0.5, 0.6) is 0 Å². The lowest BCUT2D eigenvalue weighted by molar-refractivity contribution is -0.120. The maximum absolute atomic E-state index is 13.0. The first-order chi connectivity index (χ1) is 14.3. The molecule has 8 heteroatoms. The van der Waals surface area contributed by atoms with Gasteiger partial charge in [0.25, 0.3) is 11.8 Å². The van der Waals surface area contributed by atoms with E-state index < -0.39 is 6.04 Å². The Morgan fingerprint density at radius 1 is 1.20 bits per heavy atom. The first-order valence-electron chi connectivity index (χ1n) is 10.0. The molecule has 2 saturated heterocycles. The average molecular weight is 427 g/mol. The molecule has 4 amide bonds. The zero-order chi connectivity index (χ0) is 21.4. The zero-order valence-corrected chi connectivity index (χ0v) is 17.6. The molecule has 0 aliphatic carbocycles. The molecule has 0 radical (unpaired) electrons. The summed E-state index contributed by atoms with van der Waals surface area (Å²) in [7, 11) is 0. The van der Waals surface area contributed by atoms with Crippen LogP contribution in [0.1, 0.15) is 48.5 Å². The third-order valence-electron chi connectivity index (χ3n) is 5.69. The fraction of sp³-hybridized carbons (Fsp3) is 0.364. The van der Waals surface area contributed by atoms with Crippen LogP contribution in [0, 0.1) is 0 Å². The number of urea groups is 1. The van der Waals surface area contributed by atoms with Crippen molar-refractivity contribution < 1.29 is 14.4 Å². The van der Waals surface area contributed by atoms with Crippen LogP contribution in [0.4, 0.5) is 10.5 Å². The number of aromatic nitrogens is 1. The summed E-state index contributed by atoms with van der Waals surface area (Å²) in [6.45, 7) is 4.60. The van der Waals surface area contributed by atoms with E-state index in [1.54, 1.807) is 11.0 Å². The Bertz CT molecular complexity index is 992. The molecule has 0 bridgehead atoms. The van der Waals surface area contributed by atoms with Crippen molar-refractivity contribution in [2.75, 3.05) is 11.4 Å². The number of halogens is 1. The predicted octanol–water partition coefficient (Wildman–Crippen LogP) is 3.59. The van der Waals surface area contributed by atoms with Crippen LogP contribution < -0.4 is 10.2 Å². The van der Waals surface area contributed by atoms with Gasteiger partial charge in [0, 0.05) is 24.3 Å². The minimum Gasteiger partial charge on any atom is -0.349 e. The van der Waals surface area contributed by atoms with Gasteiger partial charge in [0.2, 0.25) is 0 Å². The van der Waals surface area contributed by atoms with Gasteiger partial charge < -0.3 is 10.2 Å². The standard InChI is InChI=1S/C22H23ClN4O3/c1-13(2)14-3-5-17(6-4-14)27-21(29)18-12-16(8-10-26(18)22(27)30)25-20(28)15-7-9-24-19(23)11-15/h3-7,9,11,13,16,18H,8,10,12H2,1-2H3,(H,25,28). The largest absolute Gasteiger partial charge is 0.349 e. The summed E-state index contributed by atoms with van der Waals surface area (Å²) in [4.78, 5) is 45.1. The monoisotopic (exact) mass is 426 g/mol. The van der Waals surface area contributed by atoms with Gasteiger partial charge in [-0.2, -0.15) is 0 Å². The number of carbonyl (C=O) groups excluding carboxylic acids is 3. The fourth-order valence-electron chi connectivity index (χ4n) is 3.99. The van der Waals surface area contributed by atoms with Crippen molar-refractivity contribution in [3.63, 3.8) is 0 Å². The van der Waals surface area contributed by atoms with E-state index in [4.69, 9.17) is 11.6 Å². The zero-order valence-electron chi connectivity index (χ0n) is 16.8. The summed E-state index contributed by atoms with van der Waals surface area (Å²) < 4.78 is 0. The summed E-state index contributed by atoms with van der Waals surface area (Å²) in [6.07, 6.45) is 2.44. The van der Waals surface area contributed by atoms with E-state index in [1.165, 1.54) is 17.2 Å². The Hall–Kier alpha value is -2.93. The minimum absolute atomic E-state index is 0.203. The van der Waals surface area contributed by atoms with E-state index in [0.717, 1.165) is 5.56 Å². The van der Waals surface area contributed by atoms with Crippen molar-refractivity contribution in [1.82, 2.24) is 15.2 Å². The Morgan fingerprint density at radius 3 is 2.60 bits per heavy atom. The molecule has 3 heterocycles. The van der Waals surface area contributed by atoms with Gasteiger partial charge in [0.05, 0.1) is 5.69 Å². The number of anilines is 1. The Kier molecular flexibility index (Phi) is 5.47. The second-order valence-corrected chi connectivity index (χ2v) is 8.36. The lowest BCUT2D eigenvalue weighted by Gasteiger charge is -2.32. The molecule has 1 N–H and O–H groups in total. The molecule has 2 fully saturated rings. The van der Waals surface area contributed by atoms with E-state index in [1.807, 2.05) is 24.3 Å². The van der Waals surface area contributed by atoms with Crippen LogP contribution in [0.15, 0.2) is 42.6 Å². The lowest BCUT2D eigenvalue weighted by atomic mass is 9.97. The van der Waals surface area contributed by atoms with E-state index in [-0.39, 0.29) is 29.0 Å². The smallest absolute Gasteiger partial charge is 0.332 e. The third-order valence-corrected chi connectivity index (χ3v) is 5.89.